The minimum Gasteiger partial charge on any atom is -0.497 e. The fourth-order valence-corrected chi connectivity index (χ4v) is 6.54. The van der Waals surface area contributed by atoms with Crippen LogP contribution in [0.1, 0.15) is 30.2 Å². The van der Waals surface area contributed by atoms with Crippen molar-refractivity contribution < 1.29 is 31.7 Å². The molecule has 2 aliphatic rings. The van der Waals surface area contributed by atoms with E-state index in [4.69, 9.17) is 14.2 Å². The molecule has 0 aliphatic carbocycles. The number of nitrogens with zero attached hydrogens (tertiary/aromatic N) is 2. The molecule has 0 amide bonds. The maximum atomic E-state index is 11.5. The summed E-state index contributed by atoms with van der Waals surface area (Å²) in [6, 6.07) is 5.73. The summed E-state index contributed by atoms with van der Waals surface area (Å²) < 4.78 is 51.2. The molecule has 1 unspecified atom stereocenters. The molecule has 1 atom stereocenters. The summed E-state index contributed by atoms with van der Waals surface area (Å²) in [7, 11) is -0.898. The van der Waals surface area contributed by atoms with Crippen molar-refractivity contribution in [1.82, 2.24) is 0 Å². The van der Waals surface area contributed by atoms with Crippen LogP contribution < -0.4 is 18.9 Å². The Kier molecular flexibility index (Phi) is 7.92. The summed E-state index contributed by atoms with van der Waals surface area (Å²) in [4.78, 5) is 3.96. The molecule has 35 heavy (non-hydrogen) atoms. The standard InChI is InChI=1S/C24H28N2O6S3/c1-5-16(13-21-25(6-2)24-20(34-21)9-10-23(31-4)32-24)14-22-26(11-12-35(27,28)29)18-15-17(30-3)7-8-19(18)33-22/h7-10,13-15,23H,5-6,11-12H2,1-4H3/p+1. The van der Waals surface area contributed by atoms with Crippen molar-refractivity contribution in [2.75, 3.05) is 31.4 Å². The molecule has 0 saturated heterocycles. The molecule has 1 aromatic heterocycles. The van der Waals surface area contributed by atoms with Gasteiger partial charge in [0, 0.05) is 30.7 Å². The van der Waals surface area contributed by atoms with E-state index in [-0.39, 0.29) is 12.3 Å². The minimum absolute atomic E-state index is 0.133. The zero-order valence-electron chi connectivity index (χ0n) is 20.1. The van der Waals surface area contributed by atoms with E-state index in [2.05, 4.69) is 30.6 Å². The summed E-state index contributed by atoms with van der Waals surface area (Å²) in [5, 5.41) is 1.95. The van der Waals surface area contributed by atoms with Crippen LogP contribution in [0.4, 0.5) is 5.69 Å². The van der Waals surface area contributed by atoms with Crippen LogP contribution >= 0.6 is 23.1 Å². The highest BCUT2D eigenvalue weighted by Gasteiger charge is 2.31. The average Bonchev–Trinajstić information content (AvgIpc) is 3.37. The molecule has 0 radical (unpaired) electrons. The van der Waals surface area contributed by atoms with Crippen molar-refractivity contribution in [3.05, 3.63) is 50.8 Å². The third kappa shape index (κ3) is 5.75. The lowest BCUT2D eigenvalue weighted by atomic mass is 10.2. The van der Waals surface area contributed by atoms with E-state index in [1.54, 1.807) is 37.3 Å². The number of aromatic nitrogens is 1. The summed E-state index contributed by atoms with van der Waals surface area (Å²) in [6.07, 6.45) is 8.51. The van der Waals surface area contributed by atoms with Gasteiger partial charge >= 0.3 is 5.88 Å². The molecule has 0 spiro atoms. The minimum atomic E-state index is -4.11. The Balaban J connectivity index is 1.71. The van der Waals surface area contributed by atoms with Crippen LogP contribution in [0.2, 0.25) is 0 Å². The maximum Gasteiger partial charge on any atom is 0.389 e. The molecule has 8 nitrogen and oxygen atoms in total. The largest absolute Gasteiger partial charge is 0.497 e. The first-order valence-corrected chi connectivity index (χ1v) is 14.5. The highest BCUT2D eigenvalue weighted by Crippen LogP contribution is 2.48. The zero-order valence-corrected chi connectivity index (χ0v) is 22.5. The summed E-state index contributed by atoms with van der Waals surface area (Å²) in [5.41, 5.74) is 1.94. The molecular formula is C24H29N2O6S3+. The highest BCUT2D eigenvalue weighted by atomic mass is 32.2. The van der Waals surface area contributed by atoms with Crippen molar-refractivity contribution in [3.8, 4) is 11.6 Å². The lowest BCUT2D eigenvalue weighted by Gasteiger charge is -2.20. The predicted molar refractivity (Wildman–Crippen MR) is 140 cm³/mol. The van der Waals surface area contributed by atoms with E-state index in [0.29, 0.717) is 5.75 Å². The molecule has 0 saturated carbocycles. The number of allylic oxidation sites excluding steroid dienone is 2. The van der Waals surface area contributed by atoms with E-state index < -0.39 is 16.4 Å². The Hall–Kier alpha value is -2.31. The molecule has 11 heteroatoms. The van der Waals surface area contributed by atoms with Crippen molar-refractivity contribution in [3.63, 3.8) is 0 Å². The second-order valence-electron chi connectivity index (χ2n) is 7.86. The van der Waals surface area contributed by atoms with Gasteiger partial charge in [-0.15, -0.1) is 0 Å². The van der Waals surface area contributed by atoms with Crippen LogP contribution in [-0.2, 0) is 21.4 Å². The Morgan fingerprint density at radius 2 is 2.11 bits per heavy atom. The topological polar surface area (TPSA) is 89.2 Å². The SMILES string of the molecule is CCC(=Cc1sc2c([n+]1CC)OC(OC)C=C2)C=C1Sc2ccc(OC)cc2N1CCS(=O)(=O)O. The van der Waals surface area contributed by atoms with Crippen molar-refractivity contribution in [2.45, 2.75) is 38.0 Å². The number of methoxy groups -OCH3 is 2. The van der Waals surface area contributed by atoms with Crippen molar-refractivity contribution in [1.29, 1.82) is 0 Å². The van der Waals surface area contributed by atoms with Gasteiger partial charge in [0.2, 0.25) is 6.29 Å². The Morgan fingerprint density at radius 3 is 2.77 bits per heavy atom. The summed E-state index contributed by atoms with van der Waals surface area (Å²) in [5.74, 6) is 1.11. The lowest BCUT2D eigenvalue weighted by molar-refractivity contribution is -0.696. The van der Waals surface area contributed by atoms with Gasteiger partial charge in [0.05, 0.1) is 23.6 Å². The van der Waals surface area contributed by atoms with E-state index in [0.717, 1.165) is 49.9 Å². The van der Waals surface area contributed by atoms with Crippen LogP contribution in [-0.4, -0.2) is 45.8 Å². The second-order valence-corrected chi connectivity index (χ2v) is 11.6. The number of anilines is 1. The molecule has 188 valence electrons. The number of benzene rings is 1. The Morgan fingerprint density at radius 1 is 1.31 bits per heavy atom. The number of hydrogen-bond acceptors (Lipinski definition) is 8. The molecule has 3 heterocycles. The normalized spacial score (nSPS) is 18.5. The molecule has 1 N–H and O–H groups in total. The Bertz CT molecular complexity index is 1300. The van der Waals surface area contributed by atoms with Gasteiger partial charge in [-0.2, -0.15) is 13.0 Å². The number of thiazole rings is 1. The summed E-state index contributed by atoms with van der Waals surface area (Å²) >= 11 is 3.22. The third-order valence-electron chi connectivity index (χ3n) is 5.65. The summed E-state index contributed by atoms with van der Waals surface area (Å²) in [6.45, 7) is 5.04. The van der Waals surface area contributed by atoms with Gasteiger partial charge in [0.15, 0.2) is 6.54 Å². The highest BCUT2D eigenvalue weighted by molar-refractivity contribution is 8.03. The monoisotopic (exact) mass is 537 g/mol. The molecule has 2 aliphatic heterocycles. The number of ether oxygens (including phenoxy) is 3. The first-order valence-electron chi connectivity index (χ1n) is 11.2. The predicted octanol–water partition coefficient (Wildman–Crippen LogP) is 4.58. The lowest BCUT2D eigenvalue weighted by Crippen LogP contribution is -2.37. The molecular weight excluding hydrogens is 508 g/mol. The maximum absolute atomic E-state index is 11.5. The number of rotatable bonds is 9. The first kappa shape index (κ1) is 25.8. The molecule has 0 fully saturated rings. The molecule has 4 rings (SSSR count). The van der Waals surface area contributed by atoms with Gasteiger partial charge in [0.1, 0.15) is 10.6 Å². The van der Waals surface area contributed by atoms with Crippen LogP contribution in [0.5, 0.6) is 11.6 Å². The zero-order chi connectivity index (χ0) is 25.2. The Labute approximate surface area is 214 Å². The van der Waals surface area contributed by atoms with Gasteiger partial charge in [-0.05, 0) is 49.3 Å². The average molecular weight is 538 g/mol. The van der Waals surface area contributed by atoms with E-state index in [9.17, 15) is 13.0 Å². The van der Waals surface area contributed by atoms with Gasteiger partial charge in [-0.1, -0.05) is 30.0 Å². The van der Waals surface area contributed by atoms with Gasteiger partial charge < -0.3 is 19.1 Å². The smallest absolute Gasteiger partial charge is 0.389 e. The van der Waals surface area contributed by atoms with Crippen LogP contribution in [0, 0.1) is 0 Å². The van der Waals surface area contributed by atoms with Gasteiger partial charge in [-0.25, -0.2) is 0 Å². The number of thioether (sulfide) groups is 1. The molecule has 1 aromatic carbocycles. The fraction of sp³-hybridized carbons (Fsp3) is 0.375. The van der Waals surface area contributed by atoms with E-state index in [1.807, 2.05) is 35.3 Å². The quantitative estimate of drug-likeness (QED) is 0.367. The van der Waals surface area contributed by atoms with E-state index >= 15 is 0 Å². The van der Waals surface area contributed by atoms with Crippen LogP contribution in [0.25, 0.3) is 12.2 Å². The molecule has 0 bridgehead atoms. The molecule has 2 aromatic rings. The van der Waals surface area contributed by atoms with Crippen LogP contribution in [0.3, 0.4) is 0 Å². The first-order chi connectivity index (χ1) is 16.8. The van der Waals surface area contributed by atoms with Gasteiger partial charge in [0.25, 0.3) is 15.1 Å². The number of fused-ring (bicyclic) bond motifs is 2. The van der Waals surface area contributed by atoms with Crippen molar-refractivity contribution >= 4 is 51.1 Å². The van der Waals surface area contributed by atoms with Crippen molar-refractivity contribution in [2.24, 2.45) is 0 Å². The fourth-order valence-electron chi connectivity index (χ4n) is 3.84. The van der Waals surface area contributed by atoms with E-state index in [1.165, 1.54) is 0 Å². The second kappa shape index (κ2) is 10.8. The van der Waals surface area contributed by atoms with Gasteiger partial charge in [-0.3, -0.25) is 4.55 Å². The number of hydrogen-bond donors (Lipinski definition) is 1. The van der Waals surface area contributed by atoms with Crippen LogP contribution in [0.15, 0.2) is 45.8 Å². The third-order valence-corrected chi connectivity index (χ3v) is 8.54.